The molecule has 0 aliphatic carbocycles. The van der Waals surface area contributed by atoms with Crippen LogP contribution in [0.1, 0.15) is 60.1 Å². The first-order valence-electron chi connectivity index (χ1n) is 9.19. The first-order valence-corrected chi connectivity index (χ1v) is 10.9. The van der Waals surface area contributed by atoms with E-state index in [2.05, 4.69) is 5.32 Å². The minimum absolute atomic E-state index is 0.179. The summed E-state index contributed by atoms with van der Waals surface area (Å²) in [6.07, 6.45) is -0.434. The zero-order valence-corrected chi connectivity index (χ0v) is 18.0. The fraction of sp³-hybridized carbons (Fsp3) is 0.632. The van der Waals surface area contributed by atoms with Crippen molar-refractivity contribution in [1.82, 2.24) is 5.32 Å². The van der Waals surface area contributed by atoms with Crippen molar-refractivity contribution in [3.05, 3.63) is 29.8 Å². The van der Waals surface area contributed by atoms with Gasteiger partial charge < -0.3 is 23.3 Å². The number of rotatable bonds is 9. The number of benzene rings is 1. The molecule has 0 aromatic heterocycles. The summed E-state index contributed by atoms with van der Waals surface area (Å²) in [5, 5.41) is 3.76. The van der Waals surface area contributed by atoms with E-state index in [1.165, 1.54) is 0 Å². The fourth-order valence-electron chi connectivity index (χ4n) is 2.49. The van der Waals surface area contributed by atoms with Gasteiger partial charge in [-0.1, -0.05) is 24.3 Å². The zero-order valence-electron chi connectivity index (χ0n) is 17.0. The smallest absolute Gasteiger partial charge is 0.444 e. The number of hydrogen-bond acceptors (Lipinski definition) is 5. The van der Waals surface area contributed by atoms with E-state index in [4.69, 9.17) is 18.0 Å². The maximum atomic E-state index is 11.9. The first kappa shape index (κ1) is 22.6. The summed E-state index contributed by atoms with van der Waals surface area (Å²) in [5.74, 6) is 0. The second-order valence-electron chi connectivity index (χ2n) is 6.85. The summed E-state index contributed by atoms with van der Waals surface area (Å²) in [4.78, 5) is 11.9. The lowest BCUT2D eigenvalue weighted by Crippen LogP contribution is -2.56. The Hall–Kier alpha value is -1.41. The van der Waals surface area contributed by atoms with Gasteiger partial charge in [-0.2, -0.15) is 0 Å². The van der Waals surface area contributed by atoms with Crippen LogP contribution in [0.2, 0.25) is 0 Å². The molecule has 1 rings (SSSR count). The Morgan fingerprint density at radius 2 is 1.46 bits per heavy atom. The first-order chi connectivity index (χ1) is 12.2. The van der Waals surface area contributed by atoms with E-state index in [0.717, 1.165) is 10.8 Å². The quantitative estimate of drug-likeness (QED) is 0.661. The summed E-state index contributed by atoms with van der Waals surface area (Å²) in [7, 11) is -2.91. The van der Waals surface area contributed by atoms with Crippen LogP contribution in [-0.4, -0.2) is 40.3 Å². The van der Waals surface area contributed by atoms with Crippen molar-refractivity contribution in [3.8, 4) is 0 Å². The zero-order chi connectivity index (χ0) is 19.8. The molecule has 0 unspecified atom stereocenters. The van der Waals surface area contributed by atoms with Gasteiger partial charge in [0.15, 0.2) is 0 Å². The van der Waals surface area contributed by atoms with Crippen LogP contribution in [0, 0.1) is 0 Å². The van der Waals surface area contributed by atoms with Gasteiger partial charge in [0.1, 0.15) is 5.60 Å². The molecule has 1 atom stereocenters. The fourth-order valence-corrected chi connectivity index (χ4v) is 4.95. The standard InChI is InChI=1S/C19H33NO5Si/c1-8-22-26(23-9-2,24-10-3)17-13-11-16(12-14-17)15(4)20-18(21)25-19(5,6)7/h11-15H,8-10H2,1-7H3,(H,20,21)/t15-/m1/s1. The van der Waals surface area contributed by atoms with E-state index < -0.39 is 20.5 Å². The molecule has 1 N–H and O–H groups in total. The average Bonchev–Trinajstić information content (AvgIpc) is 2.53. The molecule has 1 amide bonds. The third-order valence-corrected chi connectivity index (χ3v) is 6.55. The summed E-state index contributed by atoms with van der Waals surface area (Å²) in [6, 6.07) is 7.64. The van der Waals surface area contributed by atoms with Crippen LogP contribution in [-0.2, 0) is 18.0 Å². The van der Waals surface area contributed by atoms with Crippen molar-refractivity contribution in [2.45, 2.75) is 60.1 Å². The van der Waals surface area contributed by atoms with Crippen molar-refractivity contribution < 1.29 is 22.8 Å². The molecule has 0 radical (unpaired) electrons. The van der Waals surface area contributed by atoms with Crippen molar-refractivity contribution in [2.24, 2.45) is 0 Å². The lowest BCUT2D eigenvalue weighted by Gasteiger charge is -2.29. The van der Waals surface area contributed by atoms with Gasteiger partial charge in [-0.25, -0.2) is 4.79 Å². The predicted molar refractivity (Wildman–Crippen MR) is 104 cm³/mol. The van der Waals surface area contributed by atoms with Gasteiger partial charge in [0, 0.05) is 25.0 Å². The number of ether oxygens (including phenoxy) is 1. The minimum Gasteiger partial charge on any atom is -0.444 e. The van der Waals surface area contributed by atoms with E-state index in [0.29, 0.717) is 19.8 Å². The highest BCUT2D eigenvalue weighted by Gasteiger charge is 2.43. The van der Waals surface area contributed by atoms with Gasteiger partial charge in [-0.05, 0) is 54.0 Å². The van der Waals surface area contributed by atoms with Crippen LogP contribution in [0.25, 0.3) is 0 Å². The molecule has 0 saturated carbocycles. The lowest BCUT2D eigenvalue weighted by atomic mass is 10.1. The average molecular weight is 384 g/mol. The number of amides is 1. The molecule has 0 aliphatic rings. The van der Waals surface area contributed by atoms with Gasteiger partial charge in [0.05, 0.1) is 6.04 Å². The Bertz CT molecular complexity index is 539. The predicted octanol–water partition coefficient (Wildman–Crippen LogP) is 3.53. The monoisotopic (exact) mass is 383 g/mol. The molecule has 0 bridgehead atoms. The molecule has 0 fully saturated rings. The minimum atomic E-state index is -2.91. The highest BCUT2D eigenvalue weighted by molar-refractivity contribution is 6.75. The topological polar surface area (TPSA) is 66.0 Å². The number of carbonyl (C=O) groups is 1. The molecule has 0 saturated heterocycles. The Labute approximate surface area is 158 Å². The van der Waals surface area contributed by atoms with Crippen LogP contribution < -0.4 is 10.5 Å². The van der Waals surface area contributed by atoms with Gasteiger partial charge in [0.2, 0.25) is 0 Å². The van der Waals surface area contributed by atoms with Crippen LogP contribution in [0.4, 0.5) is 4.79 Å². The van der Waals surface area contributed by atoms with E-state index in [9.17, 15) is 4.79 Å². The Balaban J connectivity index is 2.92. The third-order valence-electron chi connectivity index (χ3n) is 3.50. The van der Waals surface area contributed by atoms with Crippen LogP contribution in [0.3, 0.4) is 0 Å². The molecule has 148 valence electrons. The molecule has 1 aromatic rings. The maximum Gasteiger partial charge on any atom is 0.537 e. The molecule has 0 aliphatic heterocycles. The molecular formula is C19H33NO5Si. The Morgan fingerprint density at radius 3 is 1.85 bits per heavy atom. The number of nitrogens with one attached hydrogen (secondary N) is 1. The number of carbonyl (C=O) groups excluding carboxylic acids is 1. The summed E-state index contributed by atoms with van der Waals surface area (Å²) in [5.41, 5.74) is 0.442. The lowest BCUT2D eigenvalue weighted by molar-refractivity contribution is 0.0507. The van der Waals surface area contributed by atoms with Crippen molar-refractivity contribution >= 4 is 20.1 Å². The van der Waals surface area contributed by atoms with Crippen molar-refractivity contribution in [1.29, 1.82) is 0 Å². The Kier molecular flexibility index (Phi) is 8.75. The van der Waals surface area contributed by atoms with Crippen molar-refractivity contribution in [3.63, 3.8) is 0 Å². The molecule has 26 heavy (non-hydrogen) atoms. The summed E-state index contributed by atoms with van der Waals surface area (Å²) < 4.78 is 23.1. The van der Waals surface area contributed by atoms with E-state index >= 15 is 0 Å². The summed E-state index contributed by atoms with van der Waals surface area (Å²) >= 11 is 0. The highest BCUT2D eigenvalue weighted by atomic mass is 28.4. The largest absolute Gasteiger partial charge is 0.537 e. The molecule has 6 nitrogen and oxygen atoms in total. The molecule has 7 heteroatoms. The van der Waals surface area contributed by atoms with Gasteiger partial charge in [0.25, 0.3) is 0 Å². The highest BCUT2D eigenvalue weighted by Crippen LogP contribution is 2.16. The van der Waals surface area contributed by atoms with Crippen LogP contribution in [0.15, 0.2) is 24.3 Å². The normalized spacial score (nSPS) is 13.3. The molecular weight excluding hydrogens is 350 g/mol. The van der Waals surface area contributed by atoms with E-state index in [-0.39, 0.29) is 6.04 Å². The van der Waals surface area contributed by atoms with Gasteiger partial charge in [-0.3, -0.25) is 0 Å². The maximum absolute atomic E-state index is 11.9. The summed E-state index contributed by atoms with van der Waals surface area (Å²) in [6.45, 7) is 14.8. The van der Waals surface area contributed by atoms with E-state index in [1.807, 2.05) is 72.7 Å². The van der Waals surface area contributed by atoms with Crippen LogP contribution >= 0.6 is 0 Å². The third kappa shape index (κ3) is 6.72. The Morgan fingerprint density at radius 1 is 1.00 bits per heavy atom. The van der Waals surface area contributed by atoms with Gasteiger partial charge >= 0.3 is 14.9 Å². The van der Waals surface area contributed by atoms with Crippen LogP contribution in [0.5, 0.6) is 0 Å². The second-order valence-corrected chi connectivity index (χ2v) is 9.40. The number of hydrogen-bond donors (Lipinski definition) is 1. The molecule has 0 heterocycles. The van der Waals surface area contributed by atoms with E-state index in [1.54, 1.807) is 0 Å². The van der Waals surface area contributed by atoms with Crippen molar-refractivity contribution in [2.75, 3.05) is 19.8 Å². The second kappa shape index (κ2) is 10.1. The molecule has 0 spiro atoms. The SMILES string of the molecule is CCO[Si](OCC)(OCC)c1ccc([C@@H](C)NC(=O)OC(C)(C)C)cc1. The van der Waals surface area contributed by atoms with Gasteiger partial charge in [-0.15, -0.1) is 0 Å². The molecule has 1 aromatic carbocycles. The number of alkyl carbamates (subject to hydrolysis) is 1.